The van der Waals surface area contributed by atoms with Gasteiger partial charge < -0.3 is 5.32 Å². The largest absolute Gasteiger partial charge is 0.416 e. The average molecular weight is 312 g/mol. The number of benzene rings is 1. The zero-order chi connectivity index (χ0) is 16.2. The maximum atomic E-state index is 12.7. The summed E-state index contributed by atoms with van der Waals surface area (Å²) < 4.78 is 38.2. The minimum absolute atomic E-state index is 0.0186. The Labute approximate surface area is 127 Å². The summed E-state index contributed by atoms with van der Waals surface area (Å²) >= 11 is 0. The van der Waals surface area contributed by atoms with E-state index in [0.29, 0.717) is 18.7 Å². The van der Waals surface area contributed by atoms with Crippen LogP contribution in [0.5, 0.6) is 0 Å². The van der Waals surface area contributed by atoms with E-state index < -0.39 is 11.7 Å². The Morgan fingerprint density at radius 2 is 2.23 bits per heavy atom. The molecule has 0 bridgehead atoms. The number of carbonyl (C=O) groups is 1. The summed E-state index contributed by atoms with van der Waals surface area (Å²) in [6.07, 6.45) is -1.32. The number of piperidine rings is 1. The first-order chi connectivity index (χ1) is 10.4. The van der Waals surface area contributed by atoms with Gasteiger partial charge in [-0.15, -0.1) is 0 Å². The van der Waals surface area contributed by atoms with E-state index in [-0.39, 0.29) is 11.9 Å². The van der Waals surface area contributed by atoms with Gasteiger partial charge in [0.25, 0.3) is 0 Å². The molecule has 0 saturated carbocycles. The van der Waals surface area contributed by atoms with E-state index in [1.807, 2.05) is 0 Å². The van der Waals surface area contributed by atoms with E-state index in [1.165, 1.54) is 18.2 Å². The third kappa shape index (κ3) is 4.59. The van der Waals surface area contributed by atoms with Gasteiger partial charge in [-0.05, 0) is 37.1 Å². The number of nitrogens with one attached hydrogen (secondary N) is 1. The highest BCUT2D eigenvalue weighted by Crippen LogP contribution is 2.29. The zero-order valence-corrected chi connectivity index (χ0v) is 12.2. The number of halogens is 3. The van der Waals surface area contributed by atoms with Crippen molar-refractivity contribution < 1.29 is 18.0 Å². The standard InChI is InChI=1S/C16H19F3N2O/c1-2-15(22)20-14-7-4-8-21(11-14)10-12-5-3-6-13(9-12)16(17,18)19/h2-3,5-6,9,14H,1,4,7-8,10-11H2,(H,20,22)/t14-/m1/s1. The van der Waals surface area contributed by atoms with Crippen LogP contribution in [-0.4, -0.2) is 29.9 Å². The summed E-state index contributed by atoms with van der Waals surface area (Å²) in [4.78, 5) is 13.4. The minimum atomic E-state index is -4.32. The van der Waals surface area contributed by atoms with Crippen molar-refractivity contribution in [3.05, 3.63) is 48.0 Å². The van der Waals surface area contributed by atoms with E-state index in [0.717, 1.165) is 25.5 Å². The van der Waals surface area contributed by atoms with Gasteiger partial charge in [0.15, 0.2) is 0 Å². The molecule has 3 nitrogen and oxygen atoms in total. The van der Waals surface area contributed by atoms with Gasteiger partial charge in [0.05, 0.1) is 5.56 Å². The van der Waals surface area contributed by atoms with E-state index >= 15 is 0 Å². The predicted octanol–water partition coefficient (Wildman–Crippen LogP) is 2.97. The van der Waals surface area contributed by atoms with Gasteiger partial charge in [-0.1, -0.05) is 24.8 Å². The molecule has 0 radical (unpaired) electrons. The molecule has 1 aromatic rings. The van der Waals surface area contributed by atoms with Crippen molar-refractivity contribution in [1.82, 2.24) is 10.2 Å². The minimum Gasteiger partial charge on any atom is -0.349 e. The smallest absolute Gasteiger partial charge is 0.349 e. The molecule has 2 rings (SSSR count). The lowest BCUT2D eigenvalue weighted by Gasteiger charge is -2.33. The van der Waals surface area contributed by atoms with Crippen LogP contribution in [0.25, 0.3) is 0 Å². The Kier molecular flexibility index (Phi) is 5.24. The molecule has 0 aromatic heterocycles. The Morgan fingerprint density at radius 1 is 1.45 bits per heavy atom. The van der Waals surface area contributed by atoms with Gasteiger partial charge in [-0.25, -0.2) is 0 Å². The number of hydrogen-bond acceptors (Lipinski definition) is 2. The van der Waals surface area contributed by atoms with Crippen molar-refractivity contribution in [1.29, 1.82) is 0 Å². The molecule has 0 aliphatic carbocycles. The fraction of sp³-hybridized carbons (Fsp3) is 0.438. The van der Waals surface area contributed by atoms with Crippen molar-refractivity contribution >= 4 is 5.91 Å². The molecule has 6 heteroatoms. The molecule has 1 amide bonds. The molecule has 22 heavy (non-hydrogen) atoms. The SMILES string of the molecule is C=CC(=O)N[C@@H]1CCCN(Cc2cccc(C(F)(F)F)c2)C1. The van der Waals surface area contributed by atoms with Crippen molar-refractivity contribution in [2.24, 2.45) is 0 Å². The van der Waals surface area contributed by atoms with Gasteiger partial charge >= 0.3 is 6.18 Å². The first-order valence-corrected chi connectivity index (χ1v) is 7.20. The maximum Gasteiger partial charge on any atom is 0.416 e. The lowest BCUT2D eigenvalue weighted by molar-refractivity contribution is -0.137. The highest BCUT2D eigenvalue weighted by Gasteiger charge is 2.30. The Bertz CT molecular complexity index is 542. The Balaban J connectivity index is 1.98. The lowest BCUT2D eigenvalue weighted by atomic mass is 10.0. The molecular formula is C16H19F3N2O. The third-order valence-electron chi connectivity index (χ3n) is 3.70. The number of nitrogens with zero attached hydrogens (tertiary/aromatic N) is 1. The number of rotatable bonds is 4. The summed E-state index contributed by atoms with van der Waals surface area (Å²) in [6, 6.07) is 5.41. The first-order valence-electron chi connectivity index (χ1n) is 7.20. The first kappa shape index (κ1) is 16.5. The fourth-order valence-electron chi connectivity index (χ4n) is 2.68. The van der Waals surface area contributed by atoms with Crippen LogP contribution in [0.4, 0.5) is 13.2 Å². The molecule has 1 aliphatic heterocycles. The molecule has 1 N–H and O–H groups in total. The van der Waals surface area contributed by atoms with Crippen LogP contribution in [0.1, 0.15) is 24.0 Å². The van der Waals surface area contributed by atoms with Gasteiger partial charge in [-0.3, -0.25) is 9.69 Å². The van der Waals surface area contributed by atoms with Crippen LogP contribution in [-0.2, 0) is 17.5 Å². The summed E-state index contributed by atoms with van der Waals surface area (Å²) in [5, 5.41) is 2.84. The van der Waals surface area contributed by atoms with Crippen LogP contribution in [0.3, 0.4) is 0 Å². The lowest BCUT2D eigenvalue weighted by Crippen LogP contribution is -2.46. The highest BCUT2D eigenvalue weighted by atomic mass is 19.4. The van der Waals surface area contributed by atoms with Crippen LogP contribution in [0, 0.1) is 0 Å². The molecule has 1 heterocycles. The summed E-state index contributed by atoms with van der Waals surface area (Å²) in [5.74, 6) is -0.217. The second-order valence-electron chi connectivity index (χ2n) is 5.49. The molecule has 1 aromatic carbocycles. The van der Waals surface area contributed by atoms with Crippen LogP contribution >= 0.6 is 0 Å². The molecule has 1 atom stereocenters. The predicted molar refractivity (Wildman–Crippen MR) is 78.1 cm³/mol. The van der Waals surface area contributed by atoms with E-state index in [2.05, 4.69) is 16.8 Å². The van der Waals surface area contributed by atoms with Crippen molar-refractivity contribution in [2.45, 2.75) is 31.6 Å². The molecule has 0 spiro atoms. The normalized spacial score (nSPS) is 19.7. The molecule has 0 unspecified atom stereocenters. The quantitative estimate of drug-likeness (QED) is 0.867. The van der Waals surface area contributed by atoms with Crippen molar-refractivity contribution in [2.75, 3.05) is 13.1 Å². The van der Waals surface area contributed by atoms with E-state index in [1.54, 1.807) is 6.07 Å². The van der Waals surface area contributed by atoms with Crippen LogP contribution in [0.15, 0.2) is 36.9 Å². The maximum absolute atomic E-state index is 12.7. The van der Waals surface area contributed by atoms with Gasteiger partial charge in [0.1, 0.15) is 0 Å². The molecular weight excluding hydrogens is 293 g/mol. The highest BCUT2D eigenvalue weighted by molar-refractivity contribution is 5.87. The second-order valence-corrected chi connectivity index (χ2v) is 5.49. The average Bonchev–Trinajstić information content (AvgIpc) is 2.47. The van der Waals surface area contributed by atoms with E-state index in [4.69, 9.17) is 0 Å². The van der Waals surface area contributed by atoms with Gasteiger partial charge in [0.2, 0.25) is 5.91 Å². The number of carbonyl (C=O) groups excluding carboxylic acids is 1. The van der Waals surface area contributed by atoms with Gasteiger partial charge in [-0.2, -0.15) is 13.2 Å². The summed E-state index contributed by atoms with van der Waals surface area (Å²) in [5.41, 5.74) is 0.00374. The van der Waals surface area contributed by atoms with E-state index in [9.17, 15) is 18.0 Å². The number of likely N-dealkylation sites (tertiary alicyclic amines) is 1. The molecule has 1 saturated heterocycles. The summed E-state index contributed by atoms with van der Waals surface area (Å²) in [7, 11) is 0. The zero-order valence-electron chi connectivity index (χ0n) is 12.2. The Morgan fingerprint density at radius 3 is 2.91 bits per heavy atom. The third-order valence-corrected chi connectivity index (χ3v) is 3.70. The number of alkyl halides is 3. The van der Waals surface area contributed by atoms with Gasteiger partial charge in [0, 0.05) is 19.1 Å². The molecule has 120 valence electrons. The number of amides is 1. The van der Waals surface area contributed by atoms with Crippen LogP contribution in [0.2, 0.25) is 0 Å². The fourth-order valence-corrected chi connectivity index (χ4v) is 2.68. The molecule has 1 fully saturated rings. The molecule has 1 aliphatic rings. The van der Waals surface area contributed by atoms with Crippen molar-refractivity contribution in [3.63, 3.8) is 0 Å². The Hall–Kier alpha value is -1.82. The van der Waals surface area contributed by atoms with Crippen molar-refractivity contribution in [3.8, 4) is 0 Å². The second kappa shape index (κ2) is 6.96. The monoisotopic (exact) mass is 312 g/mol. The topological polar surface area (TPSA) is 32.3 Å². The number of hydrogen-bond donors (Lipinski definition) is 1. The summed E-state index contributed by atoms with van der Waals surface area (Å²) in [6.45, 7) is 5.31. The van der Waals surface area contributed by atoms with Crippen LogP contribution < -0.4 is 5.32 Å².